The molecule has 37 heavy (non-hydrogen) atoms. The molecule has 5 nitrogen and oxygen atoms in total. The standard InChI is InChI=1S/C31H47N3O2S/c1-2-3-4-5-6-7-8-9-10-11-12-13-14-15-16-19-26-37-31-21-18-17-20-30(31)33-32-27-28-22-24-29(25-23-28)34(35)36/h17-18,20-25,27,33H,2-16,19,26H2,1H3/b32-27+. The SMILES string of the molecule is CCCCCCCCCCCCCCCCCCSc1ccccc1N/N=C/c1ccc([N+](=O)[O-])cc1. The van der Waals surface area contributed by atoms with Crippen molar-refractivity contribution >= 4 is 29.4 Å². The van der Waals surface area contributed by atoms with E-state index < -0.39 is 4.92 Å². The Kier molecular flexibility index (Phi) is 17.3. The molecule has 0 saturated carbocycles. The van der Waals surface area contributed by atoms with Gasteiger partial charge in [0.1, 0.15) is 0 Å². The van der Waals surface area contributed by atoms with Crippen LogP contribution in [0.5, 0.6) is 0 Å². The number of nitro groups is 1. The largest absolute Gasteiger partial charge is 0.277 e. The zero-order valence-electron chi connectivity index (χ0n) is 22.8. The molecular weight excluding hydrogens is 478 g/mol. The molecule has 2 rings (SSSR count). The van der Waals surface area contributed by atoms with Crippen LogP contribution in [-0.4, -0.2) is 16.9 Å². The van der Waals surface area contributed by atoms with Gasteiger partial charge in [0.2, 0.25) is 0 Å². The van der Waals surface area contributed by atoms with Gasteiger partial charge in [-0.1, -0.05) is 115 Å². The highest BCUT2D eigenvalue weighted by Crippen LogP contribution is 2.28. The Morgan fingerprint density at radius 1 is 0.757 bits per heavy atom. The van der Waals surface area contributed by atoms with Gasteiger partial charge in [-0.15, -0.1) is 11.8 Å². The summed E-state index contributed by atoms with van der Waals surface area (Å²) in [4.78, 5) is 11.6. The molecule has 0 saturated heterocycles. The summed E-state index contributed by atoms with van der Waals surface area (Å²) in [7, 11) is 0. The van der Waals surface area contributed by atoms with Crippen LogP contribution in [0, 0.1) is 10.1 Å². The number of para-hydroxylation sites is 1. The van der Waals surface area contributed by atoms with Gasteiger partial charge >= 0.3 is 0 Å². The van der Waals surface area contributed by atoms with E-state index in [0.717, 1.165) is 17.0 Å². The van der Waals surface area contributed by atoms with Crippen LogP contribution in [0.25, 0.3) is 0 Å². The van der Waals surface area contributed by atoms with E-state index in [1.165, 1.54) is 120 Å². The minimum atomic E-state index is -0.397. The predicted molar refractivity (Wildman–Crippen MR) is 161 cm³/mol. The summed E-state index contributed by atoms with van der Waals surface area (Å²) in [6.45, 7) is 2.28. The Hall–Kier alpha value is -2.34. The molecule has 1 N–H and O–H groups in total. The van der Waals surface area contributed by atoms with E-state index >= 15 is 0 Å². The number of thioether (sulfide) groups is 1. The number of hydrogen-bond acceptors (Lipinski definition) is 5. The maximum Gasteiger partial charge on any atom is 0.269 e. The lowest BCUT2D eigenvalue weighted by Gasteiger charge is -2.08. The van der Waals surface area contributed by atoms with Gasteiger partial charge in [0.05, 0.1) is 16.8 Å². The molecule has 0 aliphatic heterocycles. The summed E-state index contributed by atoms with van der Waals surface area (Å²) in [5, 5.41) is 15.1. The average molecular weight is 526 g/mol. The number of nitro benzene ring substituents is 1. The predicted octanol–water partition coefficient (Wildman–Crippen LogP) is 10.4. The lowest BCUT2D eigenvalue weighted by molar-refractivity contribution is -0.384. The van der Waals surface area contributed by atoms with Gasteiger partial charge in [0, 0.05) is 17.0 Å². The van der Waals surface area contributed by atoms with Crippen molar-refractivity contribution in [3.63, 3.8) is 0 Å². The molecule has 0 aromatic heterocycles. The maximum atomic E-state index is 10.8. The molecule has 0 fully saturated rings. The second-order valence-electron chi connectivity index (χ2n) is 9.87. The number of hydrogen-bond donors (Lipinski definition) is 1. The second-order valence-corrected chi connectivity index (χ2v) is 11.0. The Bertz CT molecular complexity index is 886. The maximum absolute atomic E-state index is 10.8. The minimum Gasteiger partial charge on any atom is -0.277 e. The number of nitrogens with zero attached hydrogens (tertiary/aromatic N) is 2. The lowest BCUT2D eigenvalue weighted by atomic mass is 10.0. The summed E-state index contributed by atoms with van der Waals surface area (Å²) in [5.74, 6) is 1.11. The molecule has 0 aliphatic carbocycles. The van der Waals surface area contributed by atoms with Gasteiger partial charge in [-0.25, -0.2) is 0 Å². The lowest BCUT2D eigenvalue weighted by Crippen LogP contribution is -1.94. The number of anilines is 1. The molecule has 204 valence electrons. The van der Waals surface area contributed by atoms with Crippen molar-refractivity contribution in [1.82, 2.24) is 0 Å². The van der Waals surface area contributed by atoms with Crippen molar-refractivity contribution in [3.05, 3.63) is 64.2 Å². The molecule has 0 atom stereocenters. The number of nitrogens with one attached hydrogen (secondary N) is 1. The third-order valence-corrected chi connectivity index (χ3v) is 7.80. The van der Waals surface area contributed by atoms with Crippen molar-refractivity contribution in [3.8, 4) is 0 Å². The topological polar surface area (TPSA) is 67.5 Å². The molecular formula is C31H47N3O2S. The molecule has 0 heterocycles. The molecule has 0 aliphatic rings. The van der Waals surface area contributed by atoms with Crippen molar-refractivity contribution in [1.29, 1.82) is 0 Å². The Labute approximate surface area is 229 Å². The molecule has 0 bridgehead atoms. The first-order chi connectivity index (χ1) is 18.2. The van der Waals surface area contributed by atoms with E-state index in [9.17, 15) is 10.1 Å². The fraction of sp³-hybridized carbons (Fsp3) is 0.581. The molecule has 0 radical (unpaired) electrons. The van der Waals surface area contributed by atoms with Gasteiger partial charge < -0.3 is 0 Å². The fourth-order valence-corrected chi connectivity index (χ4v) is 5.39. The van der Waals surface area contributed by atoms with Crippen molar-refractivity contribution in [2.75, 3.05) is 11.2 Å². The summed E-state index contributed by atoms with van der Waals surface area (Å²) < 4.78 is 0. The zero-order chi connectivity index (χ0) is 26.4. The van der Waals surface area contributed by atoms with E-state index in [1.54, 1.807) is 18.3 Å². The van der Waals surface area contributed by atoms with Gasteiger partial charge in [0.25, 0.3) is 5.69 Å². The quantitative estimate of drug-likeness (QED) is 0.0546. The van der Waals surface area contributed by atoms with Crippen molar-refractivity contribution < 1.29 is 4.92 Å². The van der Waals surface area contributed by atoms with Crippen LogP contribution in [0.15, 0.2) is 58.5 Å². The first kappa shape index (κ1) is 30.9. The Balaban J connectivity index is 1.48. The number of unbranched alkanes of at least 4 members (excludes halogenated alkanes) is 15. The smallest absolute Gasteiger partial charge is 0.269 e. The van der Waals surface area contributed by atoms with E-state index in [1.807, 2.05) is 23.9 Å². The van der Waals surface area contributed by atoms with Crippen LogP contribution in [-0.2, 0) is 0 Å². The second kappa shape index (κ2) is 20.7. The zero-order valence-corrected chi connectivity index (χ0v) is 23.7. The third-order valence-electron chi connectivity index (χ3n) is 6.65. The first-order valence-corrected chi connectivity index (χ1v) is 15.4. The summed E-state index contributed by atoms with van der Waals surface area (Å²) in [6, 6.07) is 14.6. The number of hydrazone groups is 1. The first-order valence-electron chi connectivity index (χ1n) is 14.5. The fourth-order valence-electron chi connectivity index (χ4n) is 4.38. The van der Waals surface area contributed by atoms with Crippen LogP contribution in [0.3, 0.4) is 0 Å². The molecule has 2 aromatic rings. The van der Waals surface area contributed by atoms with Crippen LogP contribution >= 0.6 is 11.8 Å². The van der Waals surface area contributed by atoms with Gasteiger partial charge in [-0.2, -0.15) is 5.10 Å². The monoisotopic (exact) mass is 525 g/mol. The number of non-ortho nitro benzene ring substituents is 1. The highest BCUT2D eigenvalue weighted by atomic mass is 32.2. The molecule has 0 spiro atoms. The van der Waals surface area contributed by atoms with Crippen LogP contribution in [0.4, 0.5) is 11.4 Å². The van der Waals surface area contributed by atoms with Crippen LogP contribution < -0.4 is 5.43 Å². The molecule has 0 amide bonds. The minimum absolute atomic E-state index is 0.0842. The van der Waals surface area contributed by atoms with Gasteiger partial charge in [0.15, 0.2) is 0 Å². The van der Waals surface area contributed by atoms with Crippen LogP contribution in [0.2, 0.25) is 0 Å². The molecule has 0 unspecified atom stereocenters. The normalized spacial score (nSPS) is 11.3. The number of benzene rings is 2. The van der Waals surface area contributed by atoms with Crippen molar-refractivity contribution in [2.24, 2.45) is 5.10 Å². The summed E-state index contributed by atoms with van der Waals surface area (Å²) >= 11 is 1.87. The average Bonchev–Trinajstić information content (AvgIpc) is 2.91. The van der Waals surface area contributed by atoms with E-state index in [0.29, 0.717) is 0 Å². The van der Waals surface area contributed by atoms with E-state index in [-0.39, 0.29) is 5.69 Å². The highest BCUT2D eigenvalue weighted by molar-refractivity contribution is 7.99. The van der Waals surface area contributed by atoms with Crippen molar-refractivity contribution in [2.45, 2.75) is 115 Å². The summed E-state index contributed by atoms with van der Waals surface area (Å²) in [5.41, 5.74) is 5.01. The molecule has 6 heteroatoms. The van der Waals surface area contributed by atoms with E-state index in [4.69, 9.17) is 0 Å². The number of rotatable bonds is 22. The van der Waals surface area contributed by atoms with Gasteiger partial charge in [-0.05, 0) is 42.0 Å². The molecule has 2 aromatic carbocycles. The summed E-state index contributed by atoms with van der Waals surface area (Å²) in [6.07, 6.45) is 24.0. The van der Waals surface area contributed by atoms with Crippen LogP contribution in [0.1, 0.15) is 115 Å². The Morgan fingerprint density at radius 2 is 1.27 bits per heavy atom. The third kappa shape index (κ3) is 14.9. The highest BCUT2D eigenvalue weighted by Gasteiger charge is 2.04. The Morgan fingerprint density at radius 3 is 1.81 bits per heavy atom. The van der Waals surface area contributed by atoms with E-state index in [2.05, 4.69) is 29.6 Å². The van der Waals surface area contributed by atoms with Gasteiger partial charge in [-0.3, -0.25) is 15.5 Å².